The zero-order chi connectivity index (χ0) is 19.9. The molecule has 0 aliphatic heterocycles. The van der Waals surface area contributed by atoms with E-state index in [-0.39, 0.29) is 24.6 Å². The van der Waals surface area contributed by atoms with Crippen LogP contribution in [0.5, 0.6) is 0 Å². The van der Waals surface area contributed by atoms with Crippen molar-refractivity contribution in [3.63, 3.8) is 0 Å². The lowest BCUT2D eigenvalue weighted by molar-refractivity contribution is -0.179. The van der Waals surface area contributed by atoms with E-state index < -0.39 is 23.7 Å². The summed E-state index contributed by atoms with van der Waals surface area (Å²) in [5, 5.41) is 0. The van der Waals surface area contributed by atoms with Crippen molar-refractivity contribution in [1.82, 2.24) is 0 Å². The monoisotopic (exact) mass is 386 g/mol. The highest BCUT2D eigenvalue weighted by Crippen LogP contribution is 2.60. The number of hydrogen-bond donors (Lipinski definition) is 0. The van der Waals surface area contributed by atoms with Crippen LogP contribution in [0, 0.1) is 28.6 Å². The Morgan fingerprint density at radius 1 is 1.00 bits per heavy atom. The molecule has 4 bridgehead atoms. The molecule has 4 aliphatic rings. The zero-order valence-corrected chi connectivity index (χ0v) is 16.7. The van der Waals surface area contributed by atoms with Crippen LogP contribution >= 0.6 is 0 Å². The first-order chi connectivity index (χ1) is 12.6. The summed E-state index contributed by atoms with van der Waals surface area (Å²) in [5.74, 6) is -1.69. The van der Waals surface area contributed by atoms with Crippen LogP contribution in [0.15, 0.2) is 0 Å². The number of halogens is 2. The summed E-state index contributed by atoms with van der Waals surface area (Å²) in [4.78, 5) is 25.3. The molecule has 0 amide bonds. The lowest BCUT2D eigenvalue weighted by Crippen LogP contribution is -2.51. The predicted molar refractivity (Wildman–Crippen MR) is 96.2 cm³/mol. The van der Waals surface area contributed by atoms with Crippen molar-refractivity contribution >= 4 is 11.9 Å². The molecule has 0 aromatic rings. The molecule has 4 fully saturated rings. The van der Waals surface area contributed by atoms with Crippen molar-refractivity contribution in [2.45, 2.75) is 78.1 Å². The third-order valence-electron chi connectivity index (χ3n) is 7.04. The van der Waals surface area contributed by atoms with Crippen molar-refractivity contribution in [2.24, 2.45) is 28.6 Å². The first kappa shape index (κ1) is 20.5. The molecule has 0 saturated heterocycles. The lowest BCUT2D eigenvalue weighted by atomic mass is 9.49. The molecule has 4 nitrogen and oxygen atoms in total. The molecule has 0 radical (unpaired) electrons. The molecule has 1 atom stereocenters. The number of esters is 2. The second kappa shape index (κ2) is 7.32. The second-order valence-corrected chi connectivity index (χ2v) is 9.64. The summed E-state index contributed by atoms with van der Waals surface area (Å²) in [6.07, 6.45) is 6.38. The van der Waals surface area contributed by atoms with Crippen LogP contribution in [0.25, 0.3) is 0 Å². The van der Waals surface area contributed by atoms with Crippen molar-refractivity contribution in [1.29, 1.82) is 0 Å². The molecule has 27 heavy (non-hydrogen) atoms. The van der Waals surface area contributed by atoms with Crippen molar-refractivity contribution in [2.75, 3.05) is 13.2 Å². The minimum atomic E-state index is -2.87. The number of alkyl halides is 2. The molecule has 0 heterocycles. The average Bonchev–Trinajstić information content (AvgIpc) is 2.56. The Morgan fingerprint density at radius 2 is 1.52 bits per heavy atom. The summed E-state index contributed by atoms with van der Waals surface area (Å²) in [5.41, 5.74) is -1.36. The first-order valence-electron chi connectivity index (χ1n) is 10.3. The van der Waals surface area contributed by atoms with Gasteiger partial charge in [-0.3, -0.25) is 9.59 Å². The number of hydrogen-bond acceptors (Lipinski definition) is 4. The summed E-state index contributed by atoms with van der Waals surface area (Å²) in [6.45, 7) is 3.90. The van der Waals surface area contributed by atoms with Crippen molar-refractivity contribution in [3.05, 3.63) is 0 Å². The average molecular weight is 386 g/mol. The predicted octanol–water partition coefficient (Wildman–Crippen LogP) is 4.75. The molecule has 0 aromatic carbocycles. The maximum absolute atomic E-state index is 13.0. The number of carbonyl (C=O) groups is 2. The third kappa shape index (κ3) is 4.45. The Kier molecular flexibility index (Phi) is 5.57. The largest absolute Gasteiger partial charge is 0.465 e. The lowest BCUT2D eigenvalue weighted by Gasteiger charge is -2.55. The molecule has 4 rings (SSSR count). The van der Waals surface area contributed by atoms with Gasteiger partial charge in [0, 0.05) is 6.42 Å². The van der Waals surface area contributed by atoms with E-state index in [0.717, 1.165) is 26.2 Å². The summed E-state index contributed by atoms with van der Waals surface area (Å²) < 4.78 is 36.5. The fraction of sp³-hybridized carbons (Fsp3) is 0.905. The minimum absolute atomic E-state index is 0.0502. The van der Waals surface area contributed by atoms with Crippen LogP contribution in [-0.2, 0) is 19.1 Å². The highest BCUT2D eigenvalue weighted by molar-refractivity contribution is 5.79. The highest BCUT2D eigenvalue weighted by Gasteiger charge is 2.55. The van der Waals surface area contributed by atoms with E-state index in [0.29, 0.717) is 24.2 Å². The molecule has 1 unspecified atom stereocenters. The minimum Gasteiger partial charge on any atom is -0.465 e. The van der Waals surface area contributed by atoms with E-state index in [1.807, 2.05) is 6.92 Å². The Hall–Kier alpha value is -1.20. The van der Waals surface area contributed by atoms with E-state index in [1.54, 1.807) is 6.92 Å². The van der Waals surface area contributed by atoms with Gasteiger partial charge in [0.05, 0.1) is 17.4 Å². The molecule has 4 aliphatic carbocycles. The van der Waals surface area contributed by atoms with Crippen LogP contribution in [0.4, 0.5) is 8.78 Å². The standard InChI is InChI=1S/C21H32F2O4/c1-4-19(2,17(24)26-6-5-20(3,22)23)13-27-18(25)21-10-14-7-15(11-21)9-16(8-14)12-21/h14-16H,4-13H2,1-3H3. The van der Waals surface area contributed by atoms with E-state index in [2.05, 4.69) is 0 Å². The first-order valence-corrected chi connectivity index (χ1v) is 10.3. The molecule has 0 aromatic heterocycles. The number of carbonyl (C=O) groups excluding carboxylic acids is 2. The Bertz CT molecular complexity index is 548. The van der Waals surface area contributed by atoms with E-state index in [9.17, 15) is 18.4 Å². The third-order valence-corrected chi connectivity index (χ3v) is 7.04. The normalized spacial score (nSPS) is 34.2. The molecule has 0 N–H and O–H groups in total. The Balaban J connectivity index is 1.55. The molecule has 4 saturated carbocycles. The fourth-order valence-electron chi connectivity index (χ4n) is 5.54. The fourth-order valence-corrected chi connectivity index (χ4v) is 5.54. The summed E-state index contributed by atoms with van der Waals surface area (Å²) >= 11 is 0. The van der Waals surface area contributed by atoms with Gasteiger partial charge in [-0.05, 0) is 76.5 Å². The van der Waals surface area contributed by atoms with Crippen molar-refractivity contribution in [3.8, 4) is 0 Å². The molecule has 0 spiro atoms. The Labute approximate surface area is 160 Å². The van der Waals surface area contributed by atoms with Gasteiger partial charge in [-0.1, -0.05) is 6.92 Å². The molecular formula is C21H32F2O4. The van der Waals surface area contributed by atoms with E-state index in [4.69, 9.17) is 9.47 Å². The van der Waals surface area contributed by atoms with Gasteiger partial charge < -0.3 is 9.47 Å². The maximum atomic E-state index is 13.0. The second-order valence-electron chi connectivity index (χ2n) is 9.64. The number of ether oxygens (including phenoxy) is 2. The summed E-state index contributed by atoms with van der Waals surface area (Å²) in [6, 6.07) is 0. The van der Waals surface area contributed by atoms with Crippen LogP contribution < -0.4 is 0 Å². The van der Waals surface area contributed by atoms with Gasteiger partial charge in [-0.2, -0.15) is 0 Å². The van der Waals surface area contributed by atoms with Gasteiger partial charge >= 0.3 is 11.9 Å². The van der Waals surface area contributed by atoms with E-state index >= 15 is 0 Å². The highest BCUT2D eigenvalue weighted by atomic mass is 19.3. The van der Waals surface area contributed by atoms with Gasteiger partial charge in [-0.25, -0.2) is 8.78 Å². The number of rotatable bonds is 8. The van der Waals surface area contributed by atoms with Gasteiger partial charge in [0.15, 0.2) is 0 Å². The summed E-state index contributed by atoms with van der Waals surface area (Å²) in [7, 11) is 0. The Morgan fingerprint density at radius 3 is 1.96 bits per heavy atom. The van der Waals surface area contributed by atoms with Crippen LogP contribution in [0.3, 0.4) is 0 Å². The van der Waals surface area contributed by atoms with Crippen LogP contribution in [0.2, 0.25) is 0 Å². The van der Waals surface area contributed by atoms with Crippen LogP contribution in [-0.4, -0.2) is 31.1 Å². The topological polar surface area (TPSA) is 52.6 Å². The smallest absolute Gasteiger partial charge is 0.315 e. The molecular weight excluding hydrogens is 354 g/mol. The van der Waals surface area contributed by atoms with Gasteiger partial charge in [0.1, 0.15) is 6.61 Å². The van der Waals surface area contributed by atoms with Crippen molar-refractivity contribution < 1.29 is 27.8 Å². The van der Waals surface area contributed by atoms with E-state index in [1.165, 1.54) is 19.3 Å². The van der Waals surface area contributed by atoms with Gasteiger partial charge in [0.25, 0.3) is 0 Å². The zero-order valence-electron chi connectivity index (χ0n) is 16.7. The SMILES string of the molecule is CCC(C)(COC(=O)C12CC3CC(CC(C3)C1)C2)C(=O)OCCC(C)(F)F. The van der Waals surface area contributed by atoms with Gasteiger partial charge in [-0.15, -0.1) is 0 Å². The maximum Gasteiger partial charge on any atom is 0.315 e. The van der Waals surface area contributed by atoms with Crippen LogP contribution in [0.1, 0.15) is 72.1 Å². The molecule has 6 heteroatoms. The van der Waals surface area contributed by atoms with Gasteiger partial charge in [0.2, 0.25) is 5.92 Å². The quantitative estimate of drug-likeness (QED) is 0.565. The molecule has 154 valence electrons.